The van der Waals surface area contributed by atoms with Crippen molar-refractivity contribution in [2.75, 3.05) is 7.11 Å². The molecule has 0 fully saturated rings. The van der Waals surface area contributed by atoms with Crippen molar-refractivity contribution < 1.29 is 23.5 Å². The molecular formula is C22H23NO6. The fourth-order valence-electron chi connectivity index (χ4n) is 3.32. The molecule has 0 radical (unpaired) electrons. The van der Waals surface area contributed by atoms with Crippen LogP contribution in [0.25, 0.3) is 11.0 Å². The largest absolute Gasteiger partial charge is 0.465 e. The Hall–Kier alpha value is -3.35. The van der Waals surface area contributed by atoms with E-state index in [4.69, 9.17) is 13.9 Å². The Morgan fingerprint density at radius 1 is 1.07 bits per heavy atom. The van der Waals surface area contributed by atoms with Crippen LogP contribution in [-0.2, 0) is 22.5 Å². The summed E-state index contributed by atoms with van der Waals surface area (Å²) in [6.45, 7) is 7.32. The fraction of sp³-hybridized carbons (Fsp3) is 0.318. The number of aromatic nitrogens is 1. The molecule has 0 saturated heterocycles. The molecule has 0 atom stereocenters. The van der Waals surface area contributed by atoms with Gasteiger partial charge in [-0.2, -0.15) is 0 Å². The summed E-state index contributed by atoms with van der Waals surface area (Å²) < 4.78 is 15.5. The first-order chi connectivity index (χ1) is 13.8. The summed E-state index contributed by atoms with van der Waals surface area (Å²) in [4.78, 5) is 39.6. The van der Waals surface area contributed by atoms with E-state index in [9.17, 15) is 14.4 Å². The van der Waals surface area contributed by atoms with E-state index in [0.29, 0.717) is 39.8 Å². The Kier molecular flexibility index (Phi) is 5.59. The highest BCUT2D eigenvalue weighted by Crippen LogP contribution is 2.24. The third-order valence-corrected chi connectivity index (χ3v) is 5.08. The third-order valence-electron chi connectivity index (χ3n) is 5.08. The van der Waals surface area contributed by atoms with Crippen LogP contribution in [0.3, 0.4) is 0 Å². The molecule has 0 aliphatic rings. The Balaban J connectivity index is 1.92. The summed E-state index contributed by atoms with van der Waals surface area (Å²) in [6.07, 6.45) is 0.529. The van der Waals surface area contributed by atoms with E-state index in [0.717, 1.165) is 11.1 Å². The van der Waals surface area contributed by atoms with E-state index in [1.54, 1.807) is 13.0 Å². The highest BCUT2D eigenvalue weighted by atomic mass is 16.5. The molecule has 0 saturated carbocycles. The van der Waals surface area contributed by atoms with Crippen molar-refractivity contribution in [3.63, 3.8) is 0 Å². The molecule has 2 aromatic heterocycles. The van der Waals surface area contributed by atoms with Gasteiger partial charge in [0, 0.05) is 22.7 Å². The summed E-state index contributed by atoms with van der Waals surface area (Å²) >= 11 is 0. The van der Waals surface area contributed by atoms with Crippen molar-refractivity contribution in [3.8, 4) is 0 Å². The van der Waals surface area contributed by atoms with Crippen LogP contribution >= 0.6 is 0 Å². The summed E-state index contributed by atoms with van der Waals surface area (Å²) in [5.41, 5.74) is 4.16. The second kappa shape index (κ2) is 7.95. The first-order valence-electron chi connectivity index (χ1n) is 9.27. The zero-order chi connectivity index (χ0) is 21.3. The zero-order valence-electron chi connectivity index (χ0n) is 17.1. The Bertz CT molecular complexity index is 1170. The lowest BCUT2D eigenvalue weighted by Crippen LogP contribution is -2.10. The number of carbonyl (C=O) groups is 2. The molecule has 3 aromatic rings. The molecule has 7 nitrogen and oxygen atoms in total. The van der Waals surface area contributed by atoms with E-state index >= 15 is 0 Å². The van der Waals surface area contributed by atoms with Crippen molar-refractivity contribution in [1.82, 2.24) is 4.98 Å². The number of hydrogen-bond acceptors (Lipinski definition) is 6. The number of carbonyl (C=O) groups excluding carboxylic acids is 2. The quantitative estimate of drug-likeness (QED) is 0.520. The van der Waals surface area contributed by atoms with Gasteiger partial charge in [0.15, 0.2) is 0 Å². The standard InChI is InChI=1S/C22H23NO6/c1-6-16-19(21(25)27-5)13(4)20(23-16)22(26)28-10-14-9-18(24)29-17-8-12(3)11(2)7-15(14)17/h7-9,23H,6,10H2,1-5H3. The van der Waals surface area contributed by atoms with Gasteiger partial charge in [-0.05, 0) is 56.0 Å². The van der Waals surface area contributed by atoms with Crippen LogP contribution in [0.4, 0.5) is 0 Å². The van der Waals surface area contributed by atoms with Gasteiger partial charge < -0.3 is 18.9 Å². The van der Waals surface area contributed by atoms with Gasteiger partial charge in [-0.1, -0.05) is 6.92 Å². The van der Waals surface area contributed by atoms with E-state index in [1.165, 1.54) is 13.2 Å². The predicted molar refractivity (Wildman–Crippen MR) is 107 cm³/mol. The van der Waals surface area contributed by atoms with Gasteiger partial charge in [-0.25, -0.2) is 14.4 Å². The van der Waals surface area contributed by atoms with Gasteiger partial charge in [0.05, 0.1) is 12.7 Å². The minimum Gasteiger partial charge on any atom is -0.465 e. The van der Waals surface area contributed by atoms with Gasteiger partial charge in [-0.15, -0.1) is 0 Å². The van der Waals surface area contributed by atoms with Crippen LogP contribution in [0.15, 0.2) is 27.4 Å². The number of rotatable bonds is 5. The molecule has 0 unspecified atom stereocenters. The molecule has 0 bridgehead atoms. The number of fused-ring (bicyclic) bond motifs is 1. The Morgan fingerprint density at radius 2 is 1.76 bits per heavy atom. The maximum absolute atomic E-state index is 12.7. The number of benzene rings is 1. The predicted octanol–water partition coefficient (Wildman–Crippen LogP) is 3.75. The highest BCUT2D eigenvalue weighted by molar-refractivity contribution is 5.98. The highest BCUT2D eigenvalue weighted by Gasteiger charge is 2.24. The number of aromatic amines is 1. The van der Waals surface area contributed by atoms with Crippen LogP contribution in [0, 0.1) is 20.8 Å². The zero-order valence-corrected chi connectivity index (χ0v) is 17.1. The normalized spacial score (nSPS) is 10.9. The topological polar surface area (TPSA) is 98.6 Å². The van der Waals surface area contributed by atoms with E-state index in [-0.39, 0.29) is 12.3 Å². The summed E-state index contributed by atoms with van der Waals surface area (Å²) in [5.74, 6) is -1.12. The maximum atomic E-state index is 12.7. The second-order valence-corrected chi connectivity index (χ2v) is 6.92. The molecule has 3 rings (SSSR count). The minimum atomic E-state index is -0.613. The number of H-pyrrole nitrogens is 1. The monoisotopic (exact) mass is 397 g/mol. The van der Waals surface area contributed by atoms with Crippen molar-refractivity contribution in [3.05, 3.63) is 67.8 Å². The van der Waals surface area contributed by atoms with Gasteiger partial charge in [0.2, 0.25) is 0 Å². The van der Waals surface area contributed by atoms with Crippen molar-refractivity contribution in [2.45, 2.75) is 40.7 Å². The van der Waals surface area contributed by atoms with E-state index < -0.39 is 17.6 Å². The average molecular weight is 397 g/mol. The number of aryl methyl sites for hydroxylation is 3. The van der Waals surface area contributed by atoms with E-state index in [2.05, 4.69) is 4.98 Å². The summed E-state index contributed by atoms with van der Waals surface area (Å²) in [6, 6.07) is 5.02. The van der Waals surface area contributed by atoms with Gasteiger partial charge >= 0.3 is 17.6 Å². The number of ether oxygens (including phenoxy) is 2. The van der Waals surface area contributed by atoms with Crippen molar-refractivity contribution >= 4 is 22.9 Å². The van der Waals surface area contributed by atoms with Crippen molar-refractivity contribution in [1.29, 1.82) is 0 Å². The molecule has 1 aromatic carbocycles. The lowest BCUT2D eigenvalue weighted by Gasteiger charge is -2.09. The van der Waals surface area contributed by atoms with Crippen LogP contribution in [0.5, 0.6) is 0 Å². The number of esters is 2. The molecule has 0 amide bonds. The smallest absolute Gasteiger partial charge is 0.355 e. The molecule has 1 N–H and O–H groups in total. The van der Waals surface area contributed by atoms with Crippen molar-refractivity contribution in [2.24, 2.45) is 0 Å². The molecule has 0 spiro atoms. The lowest BCUT2D eigenvalue weighted by molar-refractivity contribution is 0.0466. The van der Waals surface area contributed by atoms with Gasteiger partial charge in [0.1, 0.15) is 17.9 Å². The maximum Gasteiger partial charge on any atom is 0.355 e. The molecule has 152 valence electrons. The fourth-order valence-corrected chi connectivity index (χ4v) is 3.32. The first kappa shape index (κ1) is 20.4. The SMILES string of the molecule is CCc1[nH]c(C(=O)OCc2cc(=O)oc3cc(C)c(C)cc23)c(C)c1C(=O)OC. The minimum absolute atomic E-state index is 0.100. The third kappa shape index (κ3) is 3.81. The molecule has 0 aliphatic carbocycles. The van der Waals surface area contributed by atoms with Gasteiger partial charge in [0.25, 0.3) is 0 Å². The Labute approximate surface area is 167 Å². The second-order valence-electron chi connectivity index (χ2n) is 6.92. The molecule has 29 heavy (non-hydrogen) atoms. The first-order valence-corrected chi connectivity index (χ1v) is 9.27. The average Bonchev–Trinajstić information content (AvgIpc) is 3.03. The van der Waals surface area contributed by atoms with Gasteiger partial charge in [-0.3, -0.25) is 0 Å². The summed E-state index contributed by atoms with van der Waals surface area (Å²) in [7, 11) is 1.29. The van der Waals surface area contributed by atoms with Crippen LogP contribution in [0.1, 0.15) is 55.7 Å². The molecular weight excluding hydrogens is 374 g/mol. The molecule has 0 aliphatic heterocycles. The van der Waals surface area contributed by atoms with Crippen LogP contribution in [-0.4, -0.2) is 24.0 Å². The number of methoxy groups -OCH3 is 1. The summed E-state index contributed by atoms with van der Waals surface area (Å²) in [5, 5.41) is 0.716. The number of hydrogen-bond donors (Lipinski definition) is 1. The molecule has 2 heterocycles. The number of nitrogens with one attached hydrogen (secondary N) is 1. The van der Waals surface area contributed by atoms with Crippen LogP contribution in [0.2, 0.25) is 0 Å². The molecule has 7 heteroatoms. The van der Waals surface area contributed by atoms with E-state index in [1.807, 2.05) is 26.8 Å². The van der Waals surface area contributed by atoms with Crippen LogP contribution < -0.4 is 5.63 Å². The Morgan fingerprint density at radius 3 is 2.41 bits per heavy atom. The lowest BCUT2D eigenvalue weighted by atomic mass is 10.0.